The van der Waals surface area contributed by atoms with Crippen LogP contribution in [0.3, 0.4) is 0 Å². The van der Waals surface area contributed by atoms with Crippen molar-refractivity contribution in [3.63, 3.8) is 0 Å². The van der Waals surface area contributed by atoms with Gasteiger partial charge in [-0.3, -0.25) is 4.90 Å². The van der Waals surface area contributed by atoms with Crippen LogP contribution in [0.4, 0.5) is 11.8 Å². The number of anilines is 2. The quantitative estimate of drug-likeness (QED) is 0.674. The molecule has 0 saturated carbocycles. The third-order valence-corrected chi connectivity index (χ3v) is 4.29. The Morgan fingerprint density at radius 1 is 1.00 bits per heavy atom. The molecule has 0 aromatic heterocycles. The molecular weight excluding hydrogens is 334 g/mol. The number of aromatic nitrogens is 4. The van der Waals surface area contributed by atoms with Crippen molar-refractivity contribution in [1.29, 1.82) is 0 Å². The molecule has 3 heterocycles. The first kappa shape index (κ1) is 16.6. The van der Waals surface area contributed by atoms with Crippen LogP contribution in [0, 0.1) is 0 Å². The minimum Gasteiger partial charge on any atom is -0.408 e. The summed E-state index contributed by atoms with van der Waals surface area (Å²) in [5.41, 5.74) is 13.6. The maximum absolute atomic E-state index is 6.21. The molecule has 1 aromatic rings. The van der Waals surface area contributed by atoms with E-state index in [-0.39, 0.29) is 5.95 Å². The highest BCUT2D eigenvalue weighted by Crippen LogP contribution is 2.28. The van der Waals surface area contributed by atoms with E-state index in [2.05, 4.69) is 19.9 Å². The molecular formula is C17H21N7O2. The molecule has 3 aliphatic heterocycles. The second kappa shape index (κ2) is 7.14. The van der Waals surface area contributed by atoms with E-state index in [0.29, 0.717) is 29.8 Å². The van der Waals surface area contributed by atoms with Crippen LogP contribution < -0.4 is 16.3 Å². The van der Waals surface area contributed by atoms with E-state index >= 15 is 0 Å². The second-order valence-electron chi connectivity index (χ2n) is 6.02. The molecule has 4 rings (SSSR count). The Labute approximate surface area is 150 Å². The first-order chi connectivity index (χ1) is 12.7. The van der Waals surface area contributed by atoms with Gasteiger partial charge in [0.1, 0.15) is 6.61 Å². The Balaban J connectivity index is 1.54. The zero-order chi connectivity index (χ0) is 17.9. The highest BCUT2D eigenvalue weighted by atomic mass is 16.7. The molecule has 9 heteroatoms. The van der Waals surface area contributed by atoms with Gasteiger partial charge < -0.3 is 21.0 Å². The van der Waals surface area contributed by atoms with Crippen LogP contribution in [0.2, 0.25) is 0 Å². The smallest absolute Gasteiger partial charge is 0.238 e. The Bertz CT molecular complexity index is 846. The largest absolute Gasteiger partial charge is 0.408 e. The molecule has 1 fully saturated rings. The highest BCUT2D eigenvalue weighted by Gasteiger charge is 2.22. The standard InChI is InChI=1S/C17H21N7O2/c18-14-13-16(21-15(20-13)12-4-2-1-3-5-12)22-17(19)24(14)26-11-8-23-6-9-25-10-7-23/h1-5H,6-11,18H2,(H2,19,20,21,22). The van der Waals surface area contributed by atoms with Crippen molar-refractivity contribution in [3.05, 3.63) is 30.3 Å². The van der Waals surface area contributed by atoms with E-state index in [0.717, 1.165) is 38.4 Å². The monoisotopic (exact) mass is 355 g/mol. The van der Waals surface area contributed by atoms with Crippen LogP contribution in [0.25, 0.3) is 22.9 Å². The highest BCUT2D eigenvalue weighted by molar-refractivity contribution is 5.72. The summed E-state index contributed by atoms with van der Waals surface area (Å²) in [6.45, 7) is 4.48. The van der Waals surface area contributed by atoms with Crippen molar-refractivity contribution in [2.24, 2.45) is 0 Å². The Hall–Kier alpha value is -2.91. The van der Waals surface area contributed by atoms with Gasteiger partial charge in [-0.1, -0.05) is 30.3 Å². The van der Waals surface area contributed by atoms with Gasteiger partial charge in [0.2, 0.25) is 5.95 Å². The number of hydrogen-bond donors (Lipinski definition) is 2. The van der Waals surface area contributed by atoms with Crippen molar-refractivity contribution in [1.82, 2.24) is 24.6 Å². The van der Waals surface area contributed by atoms with E-state index in [1.807, 2.05) is 30.3 Å². The van der Waals surface area contributed by atoms with Gasteiger partial charge in [-0.2, -0.15) is 4.98 Å². The average molecular weight is 355 g/mol. The molecule has 9 nitrogen and oxygen atoms in total. The van der Waals surface area contributed by atoms with Crippen LogP contribution in [0.15, 0.2) is 30.3 Å². The van der Waals surface area contributed by atoms with Gasteiger partial charge in [0.25, 0.3) is 0 Å². The number of fused-ring (bicyclic) bond motifs is 1. The molecule has 4 N–H and O–H groups in total. The first-order valence-corrected chi connectivity index (χ1v) is 8.52. The average Bonchev–Trinajstić information content (AvgIpc) is 3.10. The molecule has 136 valence electrons. The van der Waals surface area contributed by atoms with E-state index in [4.69, 9.17) is 21.0 Å². The molecule has 1 saturated heterocycles. The maximum atomic E-state index is 6.21. The maximum Gasteiger partial charge on any atom is 0.238 e. The van der Waals surface area contributed by atoms with Crippen molar-refractivity contribution in [3.8, 4) is 22.9 Å². The molecule has 1 aromatic carbocycles. The third kappa shape index (κ3) is 3.26. The van der Waals surface area contributed by atoms with Crippen molar-refractivity contribution in [2.45, 2.75) is 0 Å². The Kier molecular flexibility index (Phi) is 4.55. The van der Waals surface area contributed by atoms with Gasteiger partial charge in [-0.15, -0.1) is 4.73 Å². The summed E-state index contributed by atoms with van der Waals surface area (Å²) in [4.78, 5) is 21.2. The molecule has 26 heavy (non-hydrogen) atoms. The van der Waals surface area contributed by atoms with Crippen LogP contribution >= 0.6 is 0 Å². The van der Waals surface area contributed by atoms with Crippen LogP contribution in [0.5, 0.6) is 0 Å². The van der Waals surface area contributed by atoms with E-state index in [1.54, 1.807) is 0 Å². The summed E-state index contributed by atoms with van der Waals surface area (Å²) in [6.07, 6.45) is 0. The van der Waals surface area contributed by atoms with Crippen molar-refractivity contribution in [2.75, 3.05) is 50.9 Å². The van der Waals surface area contributed by atoms with Gasteiger partial charge in [0, 0.05) is 25.2 Å². The minimum absolute atomic E-state index is 0.150. The number of rotatable bonds is 5. The summed E-state index contributed by atoms with van der Waals surface area (Å²) in [7, 11) is 0. The summed E-state index contributed by atoms with van der Waals surface area (Å²) < 4.78 is 6.66. The predicted octanol–water partition coefficient (Wildman–Crippen LogP) is 0.370. The van der Waals surface area contributed by atoms with Crippen molar-refractivity contribution >= 4 is 11.8 Å². The topological polar surface area (TPSA) is 117 Å². The summed E-state index contributed by atoms with van der Waals surface area (Å²) in [6, 6.07) is 9.65. The SMILES string of the molecule is Nc1nc2nc(-c3ccccc3)nc-2c(N)n1OCCN1CCOCC1. The molecule has 0 amide bonds. The van der Waals surface area contributed by atoms with Gasteiger partial charge in [-0.25, -0.2) is 9.97 Å². The normalized spacial score (nSPS) is 15.4. The minimum atomic E-state index is 0.150. The van der Waals surface area contributed by atoms with Gasteiger partial charge >= 0.3 is 0 Å². The zero-order valence-electron chi connectivity index (χ0n) is 14.3. The summed E-state index contributed by atoms with van der Waals surface area (Å²) in [5, 5.41) is 0. The third-order valence-electron chi connectivity index (χ3n) is 4.29. The second-order valence-corrected chi connectivity index (χ2v) is 6.02. The molecule has 0 radical (unpaired) electrons. The number of hydrogen-bond acceptors (Lipinski definition) is 8. The molecule has 0 bridgehead atoms. The first-order valence-electron chi connectivity index (χ1n) is 8.52. The number of morpholine rings is 1. The van der Waals surface area contributed by atoms with Crippen LogP contribution in [0.1, 0.15) is 0 Å². The number of nitrogens with two attached hydrogens (primary N) is 2. The fourth-order valence-corrected chi connectivity index (χ4v) is 2.90. The number of imidazole rings is 1. The predicted molar refractivity (Wildman–Crippen MR) is 97.4 cm³/mol. The van der Waals surface area contributed by atoms with Crippen LogP contribution in [-0.2, 0) is 4.74 Å². The summed E-state index contributed by atoms with van der Waals surface area (Å²) >= 11 is 0. The lowest BCUT2D eigenvalue weighted by Gasteiger charge is -2.26. The number of benzene rings is 1. The zero-order valence-corrected chi connectivity index (χ0v) is 14.3. The fraction of sp³-hybridized carbons (Fsp3) is 0.353. The Morgan fingerprint density at radius 3 is 2.54 bits per heavy atom. The molecule has 0 aliphatic carbocycles. The lowest BCUT2D eigenvalue weighted by Crippen LogP contribution is -2.39. The Morgan fingerprint density at radius 2 is 1.77 bits per heavy atom. The van der Waals surface area contributed by atoms with Crippen LogP contribution in [-0.4, -0.2) is 64.0 Å². The number of nitrogen functional groups attached to an aromatic ring is 2. The molecule has 0 atom stereocenters. The number of nitrogens with zero attached hydrogens (tertiary/aromatic N) is 5. The van der Waals surface area contributed by atoms with Crippen molar-refractivity contribution < 1.29 is 9.57 Å². The molecule has 0 spiro atoms. The van der Waals surface area contributed by atoms with Gasteiger partial charge in [-0.05, 0) is 0 Å². The lowest BCUT2D eigenvalue weighted by atomic mass is 10.2. The van der Waals surface area contributed by atoms with Gasteiger partial charge in [0.05, 0.1) is 13.2 Å². The van der Waals surface area contributed by atoms with E-state index in [9.17, 15) is 0 Å². The number of ether oxygens (including phenoxy) is 1. The molecule has 0 unspecified atom stereocenters. The van der Waals surface area contributed by atoms with E-state index in [1.165, 1.54) is 4.73 Å². The fourth-order valence-electron chi connectivity index (χ4n) is 2.90. The molecule has 3 aliphatic rings. The lowest BCUT2D eigenvalue weighted by molar-refractivity contribution is 0.0187. The van der Waals surface area contributed by atoms with E-state index < -0.39 is 0 Å². The summed E-state index contributed by atoms with van der Waals surface area (Å²) in [5.74, 6) is 1.41. The van der Waals surface area contributed by atoms with Gasteiger partial charge in [0.15, 0.2) is 23.2 Å².